The zero-order chi connectivity index (χ0) is 19.1. The molecule has 0 saturated carbocycles. The van der Waals surface area contributed by atoms with Gasteiger partial charge < -0.3 is 19.0 Å². The van der Waals surface area contributed by atoms with Crippen LogP contribution in [0.1, 0.15) is 34.7 Å². The fourth-order valence-corrected chi connectivity index (χ4v) is 3.26. The van der Waals surface area contributed by atoms with E-state index < -0.39 is 6.10 Å². The standard InChI is InChI=1S/C21H27NO5/c1-16-4-7-21(27-16)13-22(12-20-3-2-10-25-20)11-18(24)15-26-19-8-5-17(14-23)6-9-19/h4-9,14,18,20,24H,2-3,10-13,15H2,1H3. The first kappa shape index (κ1) is 19.6. The van der Waals surface area contributed by atoms with Crippen LogP contribution in [0.2, 0.25) is 0 Å². The highest BCUT2D eigenvalue weighted by Gasteiger charge is 2.22. The predicted molar refractivity (Wildman–Crippen MR) is 101 cm³/mol. The quantitative estimate of drug-likeness (QED) is 0.646. The second kappa shape index (κ2) is 9.69. The maximum atomic E-state index is 10.7. The van der Waals surface area contributed by atoms with Gasteiger partial charge in [0, 0.05) is 25.3 Å². The van der Waals surface area contributed by atoms with E-state index in [9.17, 15) is 9.90 Å². The third kappa shape index (κ3) is 6.20. The van der Waals surface area contributed by atoms with Gasteiger partial charge in [0.05, 0.1) is 12.6 Å². The molecule has 3 rings (SSSR count). The van der Waals surface area contributed by atoms with Gasteiger partial charge in [-0.1, -0.05) is 0 Å². The number of benzene rings is 1. The number of hydrogen-bond acceptors (Lipinski definition) is 6. The van der Waals surface area contributed by atoms with Crippen molar-refractivity contribution in [3.05, 3.63) is 53.5 Å². The summed E-state index contributed by atoms with van der Waals surface area (Å²) in [5.41, 5.74) is 0.597. The number of carbonyl (C=O) groups excluding carboxylic acids is 1. The van der Waals surface area contributed by atoms with Crippen LogP contribution < -0.4 is 4.74 Å². The van der Waals surface area contributed by atoms with Crippen LogP contribution in [0.3, 0.4) is 0 Å². The first-order valence-electron chi connectivity index (χ1n) is 9.38. The Morgan fingerprint density at radius 3 is 2.74 bits per heavy atom. The molecule has 6 heteroatoms. The van der Waals surface area contributed by atoms with Crippen molar-refractivity contribution in [2.45, 2.75) is 38.5 Å². The first-order chi connectivity index (χ1) is 13.1. The van der Waals surface area contributed by atoms with Crippen LogP contribution in [0.4, 0.5) is 0 Å². The number of aliphatic hydroxyl groups is 1. The van der Waals surface area contributed by atoms with Gasteiger partial charge in [0.15, 0.2) is 0 Å². The first-order valence-corrected chi connectivity index (χ1v) is 9.38. The molecule has 0 amide bonds. The van der Waals surface area contributed by atoms with Crippen molar-refractivity contribution >= 4 is 6.29 Å². The topological polar surface area (TPSA) is 72.1 Å². The summed E-state index contributed by atoms with van der Waals surface area (Å²) in [5, 5.41) is 10.4. The molecule has 1 saturated heterocycles. The summed E-state index contributed by atoms with van der Waals surface area (Å²) < 4.78 is 17.1. The molecular weight excluding hydrogens is 346 g/mol. The molecule has 2 heterocycles. The van der Waals surface area contributed by atoms with Gasteiger partial charge in [0.2, 0.25) is 0 Å². The predicted octanol–water partition coefficient (Wildman–Crippen LogP) is 2.82. The van der Waals surface area contributed by atoms with Crippen molar-refractivity contribution in [2.24, 2.45) is 0 Å². The molecule has 1 aliphatic rings. The Kier molecular flexibility index (Phi) is 7.04. The summed E-state index contributed by atoms with van der Waals surface area (Å²) >= 11 is 0. The number of furan rings is 1. The molecule has 0 radical (unpaired) electrons. The van der Waals surface area contributed by atoms with E-state index in [0.717, 1.165) is 43.8 Å². The highest BCUT2D eigenvalue weighted by molar-refractivity contribution is 5.74. The van der Waals surface area contributed by atoms with E-state index in [0.29, 0.717) is 24.4 Å². The lowest BCUT2D eigenvalue weighted by Gasteiger charge is -2.26. The average Bonchev–Trinajstić information content (AvgIpc) is 3.32. The molecular formula is C21H27NO5. The van der Waals surface area contributed by atoms with Crippen LogP contribution in [0.15, 0.2) is 40.8 Å². The largest absolute Gasteiger partial charge is 0.491 e. The van der Waals surface area contributed by atoms with Gasteiger partial charge in [-0.15, -0.1) is 0 Å². The van der Waals surface area contributed by atoms with Crippen LogP contribution in [0.5, 0.6) is 5.75 Å². The van der Waals surface area contributed by atoms with Gasteiger partial charge in [0.1, 0.15) is 36.3 Å². The highest BCUT2D eigenvalue weighted by atomic mass is 16.5. The third-order valence-electron chi connectivity index (χ3n) is 4.59. The molecule has 1 fully saturated rings. The maximum absolute atomic E-state index is 10.7. The summed E-state index contributed by atoms with van der Waals surface area (Å²) in [7, 11) is 0. The number of aliphatic hydroxyl groups excluding tert-OH is 1. The van der Waals surface area contributed by atoms with Gasteiger partial charge in [-0.05, 0) is 56.2 Å². The Hall–Kier alpha value is -2.15. The lowest BCUT2D eigenvalue weighted by Crippen LogP contribution is -2.39. The SMILES string of the molecule is Cc1ccc(CN(CC(O)COc2ccc(C=O)cc2)CC2CCCO2)o1. The van der Waals surface area contributed by atoms with Crippen molar-refractivity contribution in [2.75, 3.05) is 26.3 Å². The van der Waals surface area contributed by atoms with Crippen LogP contribution in [-0.2, 0) is 11.3 Å². The van der Waals surface area contributed by atoms with Crippen LogP contribution >= 0.6 is 0 Å². The number of rotatable bonds is 10. The molecule has 6 nitrogen and oxygen atoms in total. The zero-order valence-corrected chi connectivity index (χ0v) is 15.7. The normalized spacial score (nSPS) is 18.0. The second-order valence-electron chi connectivity index (χ2n) is 6.99. The van der Waals surface area contributed by atoms with Gasteiger partial charge in [0.25, 0.3) is 0 Å². The monoisotopic (exact) mass is 373 g/mol. The van der Waals surface area contributed by atoms with Gasteiger partial charge >= 0.3 is 0 Å². The highest BCUT2D eigenvalue weighted by Crippen LogP contribution is 2.17. The van der Waals surface area contributed by atoms with Gasteiger partial charge in [-0.2, -0.15) is 0 Å². The molecule has 2 unspecified atom stereocenters. The number of aldehydes is 1. The fraction of sp³-hybridized carbons (Fsp3) is 0.476. The summed E-state index contributed by atoms with van der Waals surface area (Å²) in [4.78, 5) is 12.8. The summed E-state index contributed by atoms with van der Waals surface area (Å²) in [6.45, 7) is 4.75. The minimum Gasteiger partial charge on any atom is -0.491 e. The molecule has 146 valence electrons. The van der Waals surface area contributed by atoms with E-state index in [2.05, 4.69) is 4.90 Å². The lowest BCUT2D eigenvalue weighted by molar-refractivity contribution is 0.0289. The number of nitrogens with zero attached hydrogens (tertiary/aromatic N) is 1. The van der Waals surface area contributed by atoms with E-state index in [1.165, 1.54) is 0 Å². The molecule has 2 aromatic rings. The smallest absolute Gasteiger partial charge is 0.150 e. The Balaban J connectivity index is 1.53. The van der Waals surface area contributed by atoms with Crippen molar-refractivity contribution in [3.63, 3.8) is 0 Å². The average molecular weight is 373 g/mol. The van der Waals surface area contributed by atoms with Crippen LogP contribution in [0.25, 0.3) is 0 Å². The molecule has 1 aromatic carbocycles. The number of aryl methyl sites for hydroxylation is 1. The maximum Gasteiger partial charge on any atom is 0.150 e. The van der Waals surface area contributed by atoms with Crippen LogP contribution in [0, 0.1) is 6.92 Å². The summed E-state index contributed by atoms with van der Waals surface area (Å²) in [6.07, 6.45) is 2.47. The van der Waals surface area contributed by atoms with E-state index in [1.54, 1.807) is 24.3 Å². The van der Waals surface area contributed by atoms with Gasteiger partial charge in [-0.3, -0.25) is 9.69 Å². The lowest BCUT2D eigenvalue weighted by atomic mass is 10.2. The van der Waals surface area contributed by atoms with Crippen LogP contribution in [-0.4, -0.2) is 54.8 Å². The Morgan fingerprint density at radius 1 is 1.30 bits per heavy atom. The van der Waals surface area contributed by atoms with Crippen molar-refractivity contribution in [3.8, 4) is 5.75 Å². The Bertz CT molecular complexity index is 706. The molecule has 1 aliphatic heterocycles. The number of carbonyl (C=O) groups is 1. The minimum atomic E-state index is -0.645. The minimum absolute atomic E-state index is 0.180. The number of ether oxygens (including phenoxy) is 2. The summed E-state index contributed by atoms with van der Waals surface area (Å²) in [6, 6.07) is 10.8. The second-order valence-corrected chi connectivity index (χ2v) is 6.99. The van der Waals surface area contributed by atoms with E-state index >= 15 is 0 Å². The van der Waals surface area contributed by atoms with E-state index in [-0.39, 0.29) is 12.7 Å². The third-order valence-corrected chi connectivity index (χ3v) is 4.59. The van der Waals surface area contributed by atoms with Crippen molar-refractivity contribution in [1.82, 2.24) is 4.90 Å². The molecule has 0 spiro atoms. The molecule has 0 aliphatic carbocycles. The van der Waals surface area contributed by atoms with Crippen molar-refractivity contribution in [1.29, 1.82) is 0 Å². The molecule has 2 atom stereocenters. The van der Waals surface area contributed by atoms with E-state index in [1.807, 2.05) is 19.1 Å². The Morgan fingerprint density at radius 2 is 2.11 bits per heavy atom. The van der Waals surface area contributed by atoms with Crippen molar-refractivity contribution < 1.29 is 23.8 Å². The molecule has 1 aromatic heterocycles. The molecule has 0 bridgehead atoms. The fourth-order valence-electron chi connectivity index (χ4n) is 3.26. The molecule has 27 heavy (non-hydrogen) atoms. The van der Waals surface area contributed by atoms with Gasteiger partial charge in [-0.25, -0.2) is 0 Å². The zero-order valence-electron chi connectivity index (χ0n) is 15.7. The molecule has 1 N–H and O–H groups in total. The Labute approximate surface area is 159 Å². The summed E-state index contributed by atoms with van der Waals surface area (Å²) in [5.74, 6) is 2.39. The number of hydrogen-bond donors (Lipinski definition) is 1. The van der Waals surface area contributed by atoms with E-state index in [4.69, 9.17) is 13.9 Å².